The van der Waals surface area contributed by atoms with Crippen LogP contribution in [0.5, 0.6) is 23.0 Å². The zero-order valence-electron chi connectivity index (χ0n) is 35.1. The Hall–Kier alpha value is -4.19. The minimum absolute atomic E-state index is 0.654. The number of anilines is 1. The van der Waals surface area contributed by atoms with Crippen LogP contribution in [0, 0.1) is 0 Å². The predicted octanol–water partition coefficient (Wildman–Crippen LogP) is 14.0. The lowest BCUT2D eigenvalue weighted by Gasteiger charge is -2.18. The van der Waals surface area contributed by atoms with E-state index in [0.29, 0.717) is 26.4 Å². The zero-order valence-corrected chi connectivity index (χ0v) is 35.1. The molecule has 0 unspecified atom stereocenters. The van der Waals surface area contributed by atoms with Gasteiger partial charge in [0.1, 0.15) is 23.0 Å². The monoisotopic (exact) mass is 751 g/mol. The molecule has 0 fully saturated rings. The Labute approximate surface area is 334 Å². The molecule has 0 N–H and O–H groups in total. The van der Waals surface area contributed by atoms with Gasteiger partial charge in [-0.1, -0.05) is 117 Å². The molecule has 0 bridgehead atoms. The maximum Gasteiger partial charge on any atom is 0.132 e. The number of hydrogen-bond acceptors (Lipinski definition) is 6. The van der Waals surface area contributed by atoms with Gasteiger partial charge < -0.3 is 23.8 Å². The summed E-state index contributed by atoms with van der Waals surface area (Å²) in [7, 11) is 4.14. The highest BCUT2D eigenvalue weighted by Crippen LogP contribution is 2.40. The molecule has 6 nitrogen and oxygen atoms in total. The second-order valence-electron chi connectivity index (χ2n) is 15.0. The third-order valence-electron chi connectivity index (χ3n) is 10.0. The van der Waals surface area contributed by atoms with Crippen LogP contribution in [0.2, 0.25) is 0 Å². The SMILES string of the molecule is CCCCCCOc1ccc(-c2cc(-c3ccc(N(C)C)cc3)cc(-c3ccc(OCCCCCC)cc3OCCCCCC)n2)c(OCCCCCC)c1. The zero-order chi connectivity index (χ0) is 39.1. The third-order valence-corrected chi connectivity index (χ3v) is 10.0. The van der Waals surface area contributed by atoms with E-state index in [0.717, 1.165) is 101 Å². The van der Waals surface area contributed by atoms with Crippen molar-refractivity contribution in [3.05, 3.63) is 72.8 Å². The molecular weight excluding hydrogens is 681 g/mol. The maximum atomic E-state index is 6.58. The van der Waals surface area contributed by atoms with Crippen LogP contribution in [0.3, 0.4) is 0 Å². The van der Waals surface area contributed by atoms with Crippen LogP contribution in [-0.4, -0.2) is 45.5 Å². The van der Waals surface area contributed by atoms with E-state index in [9.17, 15) is 0 Å². The Morgan fingerprint density at radius 1 is 0.418 bits per heavy atom. The fraction of sp³-hybridized carbons (Fsp3) is 0.531. The Balaban J connectivity index is 1.78. The first-order chi connectivity index (χ1) is 27.0. The summed E-state index contributed by atoms with van der Waals surface area (Å²) in [5.74, 6) is 3.28. The molecule has 0 radical (unpaired) electrons. The van der Waals surface area contributed by atoms with E-state index in [1.54, 1.807) is 0 Å². The van der Waals surface area contributed by atoms with Gasteiger partial charge in [0.25, 0.3) is 0 Å². The van der Waals surface area contributed by atoms with Crippen LogP contribution in [0.15, 0.2) is 72.8 Å². The number of nitrogens with zero attached hydrogens (tertiary/aromatic N) is 2. The smallest absolute Gasteiger partial charge is 0.132 e. The van der Waals surface area contributed by atoms with Gasteiger partial charge in [0.05, 0.1) is 37.8 Å². The van der Waals surface area contributed by atoms with Crippen molar-refractivity contribution in [2.75, 3.05) is 45.4 Å². The second-order valence-corrected chi connectivity index (χ2v) is 15.0. The summed E-state index contributed by atoms with van der Waals surface area (Å²) in [6, 6.07) is 25.6. The first-order valence-electron chi connectivity index (χ1n) is 21.6. The van der Waals surface area contributed by atoms with Crippen LogP contribution in [-0.2, 0) is 0 Å². The van der Waals surface area contributed by atoms with Gasteiger partial charge in [-0.05, 0) is 85.3 Å². The lowest BCUT2D eigenvalue weighted by molar-refractivity contribution is 0.291. The lowest BCUT2D eigenvalue weighted by Crippen LogP contribution is -2.07. The van der Waals surface area contributed by atoms with Gasteiger partial charge in [0.2, 0.25) is 0 Å². The van der Waals surface area contributed by atoms with Crippen LogP contribution < -0.4 is 23.8 Å². The Bertz CT molecular complexity index is 1560. The Morgan fingerprint density at radius 3 is 1.20 bits per heavy atom. The van der Waals surface area contributed by atoms with Gasteiger partial charge in [-0.2, -0.15) is 0 Å². The van der Waals surface area contributed by atoms with Crippen molar-refractivity contribution in [3.8, 4) is 56.6 Å². The molecule has 0 aliphatic heterocycles. The average Bonchev–Trinajstić information content (AvgIpc) is 3.20. The molecule has 55 heavy (non-hydrogen) atoms. The molecule has 0 aliphatic rings. The van der Waals surface area contributed by atoms with Gasteiger partial charge >= 0.3 is 0 Å². The van der Waals surface area contributed by atoms with Crippen LogP contribution in [0.1, 0.15) is 130 Å². The van der Waals surface area contributed by atoms with Gasteiger partial charge in [0, 0.05) is 43.0 Å². The average molecular weight is 751 g/mol. The van der Waals surface area contributed by atoms with Crippen molar-refractivity contribution in [2.45, 2.75) is 130 Å². The van der Waals surface area contributed by atoms with Gasteiger partial charge in [-0.15, -0.1) is 0 Å². The summed E-state index contributed by atoms with van der Waals surface area (Å²) < 4.78 is 25.7. The molecule has 6 heteroatoms. The predicted molar refractivity (Wildman–Crippen MR) is 233 cm³/mol. The van der Waals surface area contributed by atoms with Crippen LogP contribution >= 0.6 is 0 Å². The largest absolute Gasteiger partial charge is 0.493 e. The number of rotatable bonds is 28. The number of hydrogen-bond donors (Lipinski definition) is 0. The summed E-state index contributed by atoms with van der Waals surface area (Å²) in [4.78, 5) is 7.51. The topological polar surface area (TPSA) is 53.1 Å². The van der Waals surface area contributed by atoms with Crippen LogP contribution in [0.4, 0.5) is 5.69 Å². The quantitative estimate of drug-likeness (QED) is 0.0539. The first-order valence-corrected chi connectivity index (χ1v) is 21.6. The summed E-state index contributed by atoms with van der Waals surface area (Å²) >= 11 is 0. The van der Waals surface area contributed by atoms with Gasteiger partial charge in [-0.25, -0.2) is 4.98 Å². The normalized spacial score (nSPS) is 11.1. The standard InChI is InChI=1S/C49H70N2O4/c1-7-11-15-19-31-52-42-27-29-44(48(37-42)54-33-21-17-13-9-3)46-35-40(39-23-25-41(26-24-39)51(5)6)36-47(50-46)45-30-28-43(53-32-20-16-12-8-2)38-49(45)55-34-22-18-14-10-4/h23-30,35-38H,7-22,31-34H2,1-6H3. The minimum atomic E-state index is 0.654. The molecule has 1 aromatic heterocycles. The number of unbranched alkanes of at least 4 members (excludes halogenated alkanes) is 12. The molecule has 4 rings (SSSR count). The summed E-state index contributed by atoms with van der Waals surface area (Å²) in [5, 5.41) is 0. The van der Waals surface area contributed by atoms with E-state index in [-0.39, 0.29) is 0 Å². The fourth-order valence-corrected chi connectivity index (χ4v) is 6.63. The van der Waals surface area contributed by atoms with E-state index in [1.807, 2.05) is 0 Å². The van der Waals surface area contributed by atoms with E-state index in [1.165, 1.54) is 64.2 Å². The fourth-order valence-electron chi connectivity index (χ4n) is 6.63. The lowest BCUT2D eigenvalue weighted by atomic mass is 9.99. The summed E-state index contributed by atoms with van der Waals surface area (Å²) in [6.45, 7) is 11.7. The van der Waals surface area contributed by atoms with Crippen molar-refractivity contribution in [2.24, 2.45) is 0 Å². The molecule has 3 aromatic carbocycles. The molecule has 0 saturated carbocycles. The van der Waals surface area contributed by atoms with Crippen molar-refractivity contribution in [1.82, 2.24) is 4.98 Å². The molecule has 0 atom stereocenters. The molecule has 1 heterocycles. The molecule has 0 amide bonds. The first kappa shape index (κ1) is 43.5. The second kappa shape index (κ2) is 25.1. The summed E-state index contributed by atoms with van der Waals surface area (Å²) in [6.07, 6.45) is 18.5. The van der Waals surface area contributed by atoms with Gasteiger partial charge in [0.15, 0.2) is 0 Å². The number of aromatic nitrogens is 1. The maximum absolute atomic E-state index is 6.58. The highest BCUT2D eigenvalue weighted by molar-refractivity contribution is 5.81. The van der Waals surface area contributed by atoms with E-state index in [2.05, 4.69) is 119 Å². The van der Waals surface area contributed by atoms with E-state index in [4.69, 9.17) is 23.9 Å². The molecule has 0 saturated heterocycles. The third kappa shape index (κ3) is 14.8. The van der Waals surface area contributed by atoms with Gasteiger partial charge in [-0.3, -0.25) is 0 Å². The highest BCUT2D eigenvalue weighted by Gasteiger charge is 2.17. The van der Waals surface area contributed by atoms with Crippen LogP contribution in [0.25, 0.3) is 33.6 Å². The van der Waals surface area contributed by atoms with Crippen molar-refractivity contribution < 1.29 is 18.9 Å². The minimum Gasteiger partial charge on any atom is -0.493 e. The van der Waals surface area contributed by atoms with E-state index >= 15 is 0 Å². The van der Waals surface area contributed by atoms with Crippen molar-refractivity contribution in [3.63, 3.8) is 0 Å². The Morgan fingerprint density at radius 2 is 0.818 bits per heavy atom. The van der Waals surface area contributed by atoms with E-state index < -0.39 is 0 Å². The molecule has 4 aromatic rings. The summed E-state index contributed by atoms with van der Waals surface area (Å²) in [5.41, 5.74) is 6.98. The molecule has 0 aliphatic carbocycles. The number of benzene rings is 3. The van der Waals surface area contributed by atoms with Crippen molar-refractivity contribution in [1.29, 1.82) is 0 Å². The highest BCUT2D eigenvalue weighted by atomic mass is 16.5. The number of ether oxygens (including phenoxy) is 4. The van der Waals surface area contributed by atoms with Crippen molar-refractivity contribution >= 4 is 5.69 Å². The molecule has 300 valence electrons. The molecular formula is C49H70N2O4. The number of pyridine rings is 1. The Kier molecular flexibility index (Phi) is 19.8. The molecule has 0 spiro atoms.